The number of nitrogens with zero attached hydrogens (tertiary/aromatic N) is 2. The number of aliphatic imine (C=N–C) groups is 1. The van der Waals surface area contributed by atoms with Crippen LogP contribution in [0.15, 0.2) is 38.8 Å². The molecule has 0 aliphatic heterocycles. The van der Waals surface area contributed by atoms with E-state index in [1.807, 2.05) is 0 Å². The van der Waals surface area contributed by atoms with Crippen LogP contribution in [-0.4, -0.2) is 20.4 Å². The molecular weight excluding hydrogens is 337 g/mol. The molecule has 6 nitrogen and oxygen atoms in total. The first-order valence-electron chi connectivity index (χ1n) is 8.81. The number of H-pyrrole nitrogens is 1. The van der Waals surface area contributed by atoms with E-state index >= 15 is 0 Å². The summed E-state index contributed by atoms with van der Waals surface area (Å²) in [5.74, 6) is -0.658. The molecule has 1 aromatic carbocycles. The molecule has 0 bridgehead atoms. The van der Waals surface area contributed by atoms with Gasteiger partial charge >= 0.3 is 5.69 Å². The Kier molecular flexibility index (Phi) is 5.35. The maximum Gasteiger partial charge on any atom is 0.331 e. The van der Waals surface area contributed by atoms with Crippen LogP contribution in [0.3, 0.4) is 0 Å². The lowest BCUT2D eigenvalue weighted by Gasteiger charge is -2.25. The standard InChI is InChI=1S/C19H22FN3O3/c1-12(21-11-13-7-9-14(20)10-8-13)16-17(24)22-19(26)23(18(16)25)15-5-3-2-4-6-15/h7-10,15,25H,2-6,11H2,1H3,(H,22,24,26). The molecule has 26 heavy (non-hydrogen) atoms. The molecule has 1 heterocycles. The lowest BCUT2D eigenvalue weighted by molar-refractivity contribution is 0.298. The van der Waals surface area contributed by atoms with Gasteiger partial charge in [-0.25, -0.2) is 9.18 Å². The number of aromatic nitrogens is 2. The van der Waals surface area contributed by atoms with E-state index in [-0.39, 0.29) is 29.8 Å². The molecule has 0 atom stereocenters. The van der Waals surface area contributed by atoms with Gasteiger partial charge in [0.1, 0.15) is 11.4 Å². The molecule has 0 saturated heterocycles. The molecule has 0 spiro atoms. The van der Waals surface area contributed by atoms with Crippen molar-refractivity contribution in [1.29, 1.82) is 0 Å². The first-order chi connectivity index (χ1) is 12.5. The number of nitrogens with one attached hydrogen (secondary N) is 1. The molecule has 0 amide bonds. The SMILES string of the molecule is CC(=NCc1ccc(F)cc1)c1c(O)n(C2CCCCC2)c(=O)[nH]c1=O. The van der Waals surface area contributed by atoms with Crippen LogP contribution in [0.5, 0.6) is 5.88 Å². The highest BCUT2D eigenvalue weighted by Gasteiger charge is 2.23. The van der Waals surface area contributed by atoms with Gasteiger partial charge in [0.05, 0.1) is 12.3 Å². The second-order valence-electron chi connectivity index (χ2n) is 6.65. The zero-order valence-corrected chi connectivity index (χ0v) is 14.7. The van der Waals surface area contributed by atoms with Crippen molar-refractivity contribution >= 4 is 5.71 Å². The Hall–Kier alpha value is -2.70. The van der Waals surface area contributed by atoms with E-state index in [1.54, 1.807) is 19.1 Å². The normalized spacial score (nSPS) is 16.0. The first kappa shape index (κ1) is 18.1. The molecule has 1 aromatic heterocycles. The summed E-state index contributed by atoms with van der Waals surface area (Å²) in [5.41, 5.74) is -0.119. The highest BCUT2D eigenvalue weighted by molar-refractivity contribution is 6.00. The van der Waals surface area contributed by atoms with Gasteiger partial charge in [0.15, 0.2) is 0 Å². The number of rotatable bonds is 4. The highest BCUT2D eigenvalue weighted by atomic mass is 19.1. The fraction of sp³-hybridized carbons (Fsp3) is 0.421. The van der Waals surface area contributed by atoms with Gasteiger partial charge in [0.25, 0.3) is 5.56 Å². The van der Waals surface area contributed by atoms with Crippen LogP contribution < -0.4 is 11.2 Å². The number of aromatic amines is 1. The monoisotopic (exact) mass is 359 g/mol. The summed E-state index contributed by atoms with van der Waals surface area (Å²) >= 11 is 0. The van der Waals surface area contributed by atoms with Crippen LogP contribution in [0, 0.1) is 5.82 Å². The van der Waals surface area contributed by atoms with Crippen LogP contribution in [0.1, 0.15) is 56.2 Å². The quantitative estimate of drug-likeness (QED) is 0.823. The summed E-state index contributed by atoms with van der Waals surface area (Å²) in [5, 5.41) is 10.6. The third-order valence-electron chi connectivity index (χ3n) is 4.83. The molecule has 1 fully saturated rings. The number of hydrogen-bond donors (Lipinski definition) is 2. The second-order valence-corrected chi connectivity index (χ2v) is 6.65. The number of aromatic hydroxyl groups is 1. The summed E-state index contributed by atoms with van der Waals surface area (Å²) < 4.78 is 14.3. The lowest BCUT2D eigenvalue weighted by Crippen LogP contribution is -2.36. The largest absolute Gasteiger partial charge is 0.494 e. The Balaban J connectivity index is 1.95. The summed E-state index contributed by atoms with van der Waals surface area (Å²) in [6, 6.07) is 5.79. The Morgan fingerprint density at radius 1 is 1.23 bits per heavy atom. The van der Waals surface area contributed by atoms with Gasteiger partial charge in [-0.15, -0.1) is 0 Å². The van der Waals surface area contributed by atoms with Crippen molar-refractivity contribution in [2.24, 2.45) is 4.99 Å². The molecule has 3 rings (SSSR count). The van der Waals surface area contributed by atoms with Gasteiger partial charge in [-0.05, 0) is 37.5 Å². The first-order valence-corrected chi connectivity index (χ1v) is 8.81. The predicted octanol–water partition coefficient (Wildman–Crippen LogP) is 2.90. The third-order valence-corrected chi connectivity index (χ3v) is 4.83. The molecule has 7 heteroatoms. The van der Waals surface area contributed by atoms with Crippen molar-refractivity contribution < 1.29 is 9.50 Å². The maximum atomic E-state index is 13.0. The molecule has 0 unspecified atom stereocenters. The van der Waals surface area contributed by atoms with Gasteiger partial charge in [-0.1, -0.05) is 31.4 Å². The molecule has 138 valence electrons. The van der Waals surface area contributed by atoms with Crippen LogP contribution >= 0.6 is 0 Å². The van der Waals surface area contributed by atoms with Gasteiger partial charge < -0.3 is 5.11 Å². The second kappa shape index (κ2) is 7.68. The van der Waals surface area contributed by atoms with E-state index in [2.05, 4.69) is 9.98 Å². The van der Waals surface area contributed by atoms with Gasteiger partial charge in [-0.2, -0.15) is 0 Å². The topological polar surface area (TPSA) is 87.4 Å². The Morgan fingerprint density at radius 3 is 2.54 bits per heavy atom. The van der Waals surface area contributed by atoms with Crippen LogP contribution in [0.2, 0.25) is 0 Å². The predicted molar refractivity (Wildman–Crippen MR) is 97.4 cm³/mol. The Morgan fingerprint density at radius 2 is 1.88 bits per heavy atom. The molecule has 0 radical (unpaired) electrons. The Bertz CT molecular complexity index is 923. The lowest BCUT2D eigenvalue weighted by atomic mass is 9.95. The minimum absolute atomic E-state index is 0.0114. The molecule has 1 aliphatic rings. The van der Waals surface area contributed by atoms with Crippen LogP contribution in [0.4, 0.5) is 4.39 Å². The van der Waals surface area contributed by atoms with E-state index in [9.17, 15) is 19.1 Å². The van der Waals surface area contributed by atoms with E-state index in [4.69, 9.17) is 0 Å². The summed E-state index contributed by atoms with van der Waals surface area (Å²) in [6.07, 6.45) is 4.68. The summed E-state index contributed by atoms with van der Waals surface area (Å²) in [7, 11) is 0. The van der Waals surface area contributed by atoms with Crippen molar-refractivity contribution in [2.45, 2.75) is 51.6 Å². The average molecular weight is 359 g/mol. The van der Waals surface area contributed by atoms with E-state index in [0.29, 0.717) is 5.71 Å². The van der Waals surface area contributed by atoms with Crippen molar-refractivity contribution in [3.63, 3.8) is 0 Å². The van der Waals surface area contributed by atoms with Crippen molar-refractivity contribution in [2.75, 3.05) is 0 Å². The van der Waals surface area contributed by atoms with Gasteiger partial charge in [0.2, 0.25) is 5.88 Å². The smallest absolute Gasteiger partial charge is 0.331 e. The van der Waals surface area contributed by atoms with E-state index in [0.717, 1.165) is 37.7 Å². The molecule has 1 saturated carbocycles. The van der Waals surface area contributed by atoms with E-state index < -0.39 is 11.2 Å². The Labute approximate surface area is 150 Å². The van der Waals surface area contributed by atoms with Gasteiger partial charge in [-0.3, -0.25) is 19.3 Å². The zero-order valence-electron chi connectivity index (χ0n) is 14.7. The minimum Gasteiger partial charge on any atom is -0.494 e. The average Bonchev–Trinajstić information content (AvgIpc) is 2.61. The molecule has 1 aliphatic carbocycles. The molecule has 2 N–H and O–H groups in total. The number of hydrogen-bond acceptors (Lipinski definition) is 4. The van der Waals surface area contributed by atoms with Crippen molar-refractivity contribution in [3.8, 4) is 5.88 Å². The molecular formula is C19H22FN3O3. The fourth-order valence-electron chi connectivity index (χ4n) is 3.42. The zero-order chi connectivity index (χ0) is 18.7. The van der Waals surface area contributed by atoms with Crippen LogP contribution in [0.25, 0.3) is 0 Å². The number of halogens is 1. The van der Waals surface area contributed by atoms with E-state index in [1.165, 1.54) is 16.7 Å². The van der Waals surface area contributed by atoms with Gasteiger partial charge in [0, 0.05) is 6.04 Å². The summed E-state index contributed by atoms with van der Waals surface area (Å²) in [6.45, 7) is 1.86. The number of benzene rings is 1. The van der Waals surface area contributed by atoms with Crippen molar-refractivity contribution in [3.05, 3.63) is 62.0 Å². The highest BCUT2D eigenvalue weighted by Crippen LogP contribution is 2.30. The molecule has 2 aromatic rings. The minimum atomic E-state index is -0.653. The maximum absolute atomic E-state index is 13.0. The fourth-order valence-corrected chi connectivity index (χ4v) is 3.42. The van der Waals surface area contributed by atoms with Crippen molar-refractivity contribution in [1.82, 2.24) is 9.55 Å². The third kappa shape index (κ3) is 3.76. The van der Waals surface area contributed by atoms with Crippen LogP contribution in [-0.2, 0) is 6.54 Å². The summed E-state index contributed by atoms with van der Waals surface area (Å²) in [4.78, 5) is 31.1.